The number of nitrogens with two attached hydrogens (primary N) is 1. The van der Waals surface area contributed by atoms with Gasteiger partial charge in [-0.2, -0.15) is 0 Å². The van der Waals surface area contributed by atoms with Crippen molar-refractivity contribution in [2.24, 2.45) is 0 Å². The summed E-state index contributed by atoms with van der Waals surface area (Å²) < 4.78 is 0.690. The van der Waals surface area contributed by atoms with Gasteiger partial charge in [-0.25, -0.2) is 0 Å². The summed E-state index contributed by atoms with van der Waals surface area (Å²) >= 11 is 3.29. The second kappa shape index (κ2) is 4.78. The van der Waals surface area contributed by atoms with Gasteiger partial charge >= 0.3 is 0 Å². The fourth-order valence-electron chi connectivity index (χ4n) is 1.01. The van der Waals surface area contributed by atoms with Crippen molar-refractivity contribution in [3.63, 3.8) is 0 Å². The molecule has 0 bridgehead atoms. The Kier molecular flexibility index (Phi) is 3.90. The van der Waals surface area contributed by atoms with E-state index in [0.29, 0.717) is 15.8 Å². The first kappa shape index (κ1) is 12.2. The van der Waals surface area contributed by atoms with Crippen LogP contribution in [0.5, 0.6) is 0 Å². The summed E-state index contributed by atoms with van der Waals surface area (Å²) in [5.41, 5.74) is 5.99. The standard InChI is InChI=1S/C9H14BrN3O2/c1-9(4-14,5-15)13-8-6(10)2-12-3-7(8)11/h2-3,14-15H,4-5,11H2,1H3,(H,12,13). The van der Waals surface area contributed by atoms with Crippen LogP contribution in [0.2, 0.25) is 0 Å². The SMILES string of the molecule is CC(CO)(CO)Nc1c(N)cncc1Br. The Morgan fingerprint density at radius 2 is 2.07 bits per heavy atom. The molecule has 0 aliphatic rings. The Balaban J connectivity index is 2.98. The van der Waals surface area contributed by atoms with Crippen LogP contribution in [0.25, 0.3) is 0 Å². The van der Waals surface area contributed by atoms with Crippen LogP contribution in [0.1, 0.15) is 6.92 Å². The first-order chi connectivity index (χ1) is 7.02. The molecule has 0 spiro atoms. The highest BCUT2D eigenvalue weighted by molar-refractivity contribution is 9.10. The highest BCUT2D eigenvalue weighted by Gasteiger charge is 2.23. The molecular weight excluding hydrogens is 262 g/mol. The zero-order valence-corrected chi connectivity index (χ0v) is 9.95. The average Bonchev–Trinajstić information content (AvgIpc) is 2.23. The number of hydrogen-bond acceptors (Lipinski definition) is 5. The lowest BCUT2D eigenvalue weighted by Crippen LogP contribution is -2.42. The lowest BCUT2D eigenvalue weighted by Gasteiger charge is -2.28. The summed E-state index contributed by atoms with van der Waals surface area (Å²) in [7, 11) is 0. The lowest BCUT2D eigenvalue weighted by molar-refractivity contribution is 0.147. The minimum atomic E-state index is -0.808. The molecule has 0 saturated carbocycles. The van der Waals surface area contributed by atoms with E-state index in [-0.39, 0.29) is 13.2 Å². The number of aromatic nitrogens is 1. The van der Waals surface area contributed by atoms with E-state index in [0.717, 1.165) is 0 Å². The predicted molar refractivity (Wildman–Crippen MR) is 62.5 cm³/mol. The molecule has 0 fully saturated rings. The number of nitrogen functional groups attached to an aromatic ring is 1. The van der Waals surface area contributed by atoms with Crippen molar-refractivity contribution in [3.05, 3.63) is 16.9 Å². The Labute approximate surface area is 96.5 Å². The zero-order valence-electron chi connectivity index (χ0n) is 8.37. The van der Waals surface area contributed by atoms with Crippen molar-refractivity contribution in [1.82, 2.24) is 4.98 Å². The molecule has 15 heavy (non-hydrogen) atoms. The molecule has 0 amide bonds. The van der Waals surface area contributed by atoms with Gasteiger partial charge < -0.3 is 21.3 Å². The Morgan fingerprint density at radius 3 is 2.53 bits per heavy atom. The van der Waals surface area contributed by atoms with Gasteiger partial charge in [0.05, 0.1) is 40.8 Å². The Hall–Kier alpha value is -0.850. The normalized spacial score (nSPS) is 11.5. The van der Waals surface area contributed by atoms with E-state index in [1.807, 2.05) is 0 Å². The van der Waals surface area contributed by atoms with E-state index >= 15 is 0 Å². The van der Waals surface area contributed by atoms with Crippen LogP contribution in [-0.2, 0) is 0 Å². The molecule has 5 nitrogen and oxygen atoms in total. The van der Waals surface area contributed by atoms with E-state index in [1.165, 1.54) is 6.20 Å². The highest BCUT2D eigenvalue weighted by Crippen LogP contribution is 2.29. The summed E-state index contributed by atoms with van der Waals surface area (Å²) in [6.45, 7) is 1.30. The smallest absolute Gasteiger partial charge is 0.0807 e. The van der Waals surface area contributed by atoms with Crippen LogP contribution in [0, 0.1) is 0 Å². The minimum Gasteiger partial charge on any atom is -0.396 e. The fourth-order valence-corrected chi connectivity index (χ4v) is 1.46. The quantitative estimate of drug-likeness (QED) is 0.645. The fraction of sp³-hybridized carbons (Fsp3) is 0.444. The van der Waals surface area contributed by atoms with E-state index < -0.39 is 5.54 Å². The van der Waals surface area contributed by atoms with Gasteiger partial charge in [0.2, 0.25) is 0 Å². The second-order valence-electron chi connectivity index (χ2n) is 3.59. The van der Waals surface area contributed by atoms with Crippen molar-refractivity contribution in [3.8, 4) is 0 Å². The van der Waals surface area contributed by atoms with Crippen molar-refractivity contribution < 1.29 is 10.2 Å². The molecule has 0 saturated heterocycles. The second-order valence-corrected chi connectivity index (χ2v) is 4.44. The first-order valence-electron chi connectivity index (χ1n) is 4.41. The van der Waals surface area contributed by atoms with Gasteiger partial charge in [-0.1, -0.05) is 0 Å². The molecule has 0 radical (unpaired) electrons. The number of aliphatic hydroxyl groups excluding tert-OH is 2. The topological polar surface area (TPSA) is 91.4 Å². The molecule has 1 rings (SSSR count). The zero-order chi connectivity index (χ0) is 11.5. The number of rotatable bonds is 4. The molecule has 5 N–H and O–H groups in total. The van der Waals surface area contributed by atoms with Crippen LogP contribution in [0.4, 0.5) is 11.4 Å². The molecule has 1 heterocycles. The number of nitrogens with zero attached hydrogens (tertiary/aromatic N) is 1. The Bertz CT molecular complexity index is 322. The van der Waals surface area contributed by atoms with Crippen LogP contribution >= 0.6 is 15.9 Å². The number of halogens is 1. The highest BCUT2D eigenvalue weighted by atomic mass is 79.9. The summed E-state index contributed by atoms with van der Waals surface area (Å²) in [5.74, 6) is 0. The van der Waals surface area contributed by atoms with Gasteiger partial charge in [-0.05, 0) is 22.9 Å². The van der Waals surface area contributed by atoms with Crippen molar-refractivity contribution >= 4 is 27.3 Å². The van der Waals surface area contributed by atoms with Crippen LogP contribution in [-0.4, -0.2) is 33.9 Å². The van der Waals surface area contributed by atoms with Crippen molar-refractivity contribution in [2.45, 2.75) is 12.5 Å². The van der Waals surface area contributed by atoms with Crippen molar-refractivity contribution in [1.29, 1.82) is 0 Å². The summed E-state index contributed by atoms with van der Waals surface area (Å²) in [4.78, 5) is 3.89. The minimum absolute atomic E-state index is 0.197. The number of pyridine rings is 1. The number of nitrogens with one attached hydrogen (secondary N) is 1. The molecule has 0 aliphatic heterocycles. The molecular formula is C9H14BrN3O2. The van der Waals surface area contributed by atoms with Crippen LogP contribution < -0.4 is 11.1 Å². The van der Waals surface area contributed by atoms with Crippen LogP contribution in [0.3, 0.4) is 0 Å². The summed E-state index contributed by atoms with van der Waals surface area (Å²) in [5, 5.41) is 21.2. The molecule has 84 valence electrons. The van der Waals surface area contributed by atoms with Gasteiger partial charge in [-0.3, -0.25) is 4.98 Å². The Morgan fingerprint density at radius 1 is 1.47 bits per heavy atom. The predicted octanol–water partition coefficient (Wildman–Crippen LogP) is 0.581. The third kappa shape index (κ3) is 2.80. The van der Waals surface area contributed by atoms with E-state index in [9.17, 15) is 0 Å². The van der Waals surface area contributed by atoms with Gasteiger partial charge in [0.15, 0.2) is 0 Å². The summed E-state index contributed by atoms with van der Waals surface area (Å²) in [6, 6.07) is 0. The number of anilines is 2. The van der Waals surface area contributed by atoms with E-state index in [2.05, 4.69) is 26.2 Å². The van der Waals surface area contributed by atoms with E-state index in [4.69, 9.17) is 15.9 Å². The van der Waals surface area contributed by atoms with Crippen LogP contribution in [0.15, 0.2) is 16.9 Å². The third-order valence-electron chi connectivity index (χ3n) is 2.05. The van der Waals surface area contributed by atoms with Crippen molar-refractivity contribution in [2.75, 3.05) is 24.3 Å². The molecule has 0 aromatic carbocycles. The number of aliphatic hydroxyl groups is 2. The largest absolute Gasteiger partial charge is 0.396 e. The maximum Gasteiger partial charge on any atom is 0.0807 e. The monoisotopic (exact) mass is 275 g/mol. The lowest BCUT2D eigenvalue weighted by atomic mass is 10.1. The van der Waals surface area contributed by atoms with E-state index in [1.54, 1.807) is 13.1 Å². The molecule has 1 aromatic heterocycles. The molecule has 0 atom stereocenters. The molecule has 0 aliphatic carbocycles. The maximum atomic E-state index is 9.13. The first-order valence-corrected chi connectivity index (χ1v) is 5.20. The number of hydrogen-bond donors (Lipinski definition) is 4. The molecule has 1 aromatic rings. The third-order valence-corrected chi connectivity index (χ3v) is 2.65. The van der Waals surface area contributed by atoms with Gasteiger partial charge in [0.1, 0.15) is 0 Å². The van der Waals surface area contributed by atoms with Gasteiger partial charge in [0.25, 0.3) is 0 Å². The molecule has 6 heteroatoms. The van der Waals surface area contributed by atoms with Gasteiger partial charge in [-0.15, -0.1) is 0 Å². The average molecular weight is 276 g/mol. The van der Waals surface area contributed by atoms with Gasteiger partial charge in [0, 0.05) is 6.20 Å². The molecule has 0 unspecified atom stereocenters. The summed E-state index contributed by atoms with van der Waals surface area (Å²) in [6.07, 6.45) is 3.09. The maximum absolute atomic E-state index is 9.13.